The van der Waals surface area contributed by atoms with E-state index in [-0.39, 0.29) is 0 Å². The summed E-state index contributed by atoms with van der Waals surface area (Å²) in [6.45, 7) is 3.27. The molecule has 1 N–H and O–H groups in total. The first kappa shape index (κ1) is 12.4. The third-order valence-electron chi connectivity index (χ3n) is 3.45. The van der Waals surface area contributed by atoms with Gasteiger partial charge in [0, 0.05) is 12.6 Å². The molecular weight excluding hydrogens is 206 g/mol. The normalized spacial score (nSPS) is 17.6. The summed E-state index contributed by atoms with van der Waals surface area (Å²) in [6, 6.07) is 11.2. The smallest absolute Gasteiger partial charge is 0.0208 e. The fourth-order valence-corrected chi connectivity index (χ4v) is 2.44. The second kappa shape index (κ2) is 6.61. The summed E-state index contributed by atoms with van der Waals surface area (Å²) >= 11 is 0. The van der Waals surface area contributed by atoms with Gasteiger partial charge in [-0.25, -0.2) is 0 Å². The van der Waals surface area contributed by atoms with Crippen LogP contribution in [-0.4, -0.2) is 6.04 Å². The van der Waals surface area contributed by atoms with Crippen molar-refractivity contribution in [2.75, 3.05) is 0 Å². The van der Waals surface area contributed by atoms with Gasteiger partial charge in [0.25, 0.3) is 0 Å². The van der Waals surface area contributed by atoms with E-state index in [0.717, 1.165) is 6.54 Å². The third kappa shape index (κ3) is 4.35. The van der Waals surface area contributed by atoms with Gasteiger partial charge in [0.15, 0.2) is 0 Å². The Labute approximate surface area is 105 Å². The molecule has 0 heterocycles. The number of nitrogens with one attached hydrogen (secondary N) is 1. The van der Waals surface area contributed by atoms with Crippen LogP contribution >= 0.6 is 0 Å². The molecule has 1 aromatic carbocycles. The van der Waals surface area contributed by atoms with Gasteiger partial charge in [-0.3, -0.25) is 0 Å². The minimum atomic E-state index is 0.583. The Morgan fingerprint density at radius 2 is 2.00 bits per heavy atom. The summed E-state index contributed by atoms with van der Waals surface area (Å²) in [6.07, 6.45) is 9.04. The van der Waals surface area contributed by atoms with Gasteiger partial charge in [-0.05, 0) is 44.6 Å². The summed E-state index contributed by atoms with van der Waals surface area (Å²) in [5, 5.41) is 3.61. The maximum atomic E-state index is 3.61. The first-order valence-electron chi connectivity index (χ1n) is 6.80. The van der Waals surface area contributed by atoms with Gasteiger partial charge in [-0.1, -0.05) is 42.0 Å². The highest BCUT2D eigenvalue weighted by atomic mass is 14.9. The Morgan fingerprint density at radius 3 is 2.71 bits per heavy atom. The van der Waals surface area contributed by atoms with Crippen LogP contribution in [0.4, 0.5) is 0 Å². The molecule has 2 rings (SSSR count). The van der Waals surface area contributed by atoms with Crippen molar-refractivity contribution in [2.24, 2.45) is 0 Å². The lowest BCUT2D eigenvalue weighted by Gasteiger charge is -2.18. The first-order valence-corrected chi connectivity index (χ1v) is 6.80. The van der Waals surface area contributed by atoms with E-state index in [1.54, 1.807) is 5.57 Å². The van der Waals surface area contributed by atoms with E-state index in [0.29, 0.717) is 6.04 Å². The second-order valence-electron chi connectivity index (χ2n) is 5.08. The van der Waals surface area contributed by atoms with E-state index >= 15 is 0 Å². The van der Waals surface area contributed by atoms with Crippen molar-refractivity contribution in [1.82, 2.24) is 5.32 Å². The van der Waals surface area contributed by atoms with Gasteiger partial charge >= 0.3 is 0 Å². The van der Waals surface area contributed by atoms with Crippen LogP contribution in [0, 0.1) is 0 Å². The lowest BCUT2D eigenvalue weighted by molar-refractivity contribution is 0.525. The molecule has 1 heteroatoms. The molecule has 0 spiro atoms. The Hall–Kier alpha value is -1.08. The number of hydrogen-bond acceptors (Lipinski definition) is 1. The van der Waals surface area contributed by atoms with Crippen LogP contribution in [0.1, 0.15) is 44.6 Å². The largest absolute Gasteiger partial charge is 0.310 e. The molecule has 0 amide bonds. The average Bonchev–Trinajstić information content (AvgIpc) is 2.39. The van der Waals surface area contributed by atoms with Crippen molar-refractivity contribution < 1.29 is 0 Å². The topological polar surface area (TPSA) is 12.0 Å². The van der Waals surface area contributed by atoms with Gasteiger partial charge in [-0.2, -0.15) is 0 Å². The number of hydrogen-bond donors (Lipinski definition) is 1. The van der Waals surface area contributed by atoms with E-state index in [4.69, 9.17) is 0 Å². The van der Waals surface area contributed by atoms with Gasteiger partial charge in [0.2, 0.25) is 0 Å². The molecule has 92 valence electrons. The molecule has 1 nitrogen and oxygen atoms in total. The lowest BCUT2D eigenvalue weighted by Crippen LogP contribution is -2.26. The molecule has 0 bridgehead atoms. The summed E-state index contributed by atoms with van der Waals surface area (Å²) in [5.41, 5.74) is 3.03. The SMILES string of the molecule is C[C@H](CC1=CCCCC1)NCc1ccccc1. The maximum Gasteiger partial charge on any atom is 0.0208 e. The van der Waals surface area contributed by atoms with E-state index in [9.17, 15) is 0 Å². The Bertz CT molecular complexity index is 353. The lowest BCUT2D eigenvalue weighted by atomic mass is 9.95. The standard InChI is InChI=1S/C16H23N/c1-14(12-15-8-4-2-5-9-15)17-13-16-10-6-3-7-11-16/h3,6-8,10-11,14,17H,2,4-5,9,12-13H2,1H3/t14-/m1/s1. The zero-order chi connectivity index (χ0) is 11.9. The summed E-state index contributed by atoms with van der Waals surface area (Å²) in [5.74, 6) is 0. The van der Waals surface area contributed by atoms with Crippen LogP contribution < -0.4 is 5.32 Å². The monoisotopic (exact) mass is 229 g/mol. The zero-order valence-corrected chi connectivity index (χ0v) is 10.8. The molecule has 0 aliphatic heterocycles. The Morgan fingerprint density at radius 1 is 1.18 bits per heavy atom. The van der Waals surface area contributed by atoms with E-state index < -0.39 is 0 Å². The predicted molar refractivity (Wildman–Crippen MR) is 73.9 cm³/mol. The van der Waals surface area contributed by atoms with Crippen molar-refractivity contribution in [1.29, 1.82) is 0 Å². The Balaban J connectivity index is 1.74. The van der Waals surface area contributed by atoms with Crippen LogP contribution in [0.2, 0.25) is 0 Å². The third-order valence-corrected chi connectivity index (χ3v) is 3.45. The highest BCUT2D eigenvalue weighted by Crippen LogP contribution is 2.21. The number of allylic oxidation sites excluding steroid dienone is 1. The quantitative estimate of drug-likeness (QED) is 0.751. The van der Waals surface area contributed by atoms with Crippen LogP contribution in [0.5, 0.6) is 0 Å². The van der Waals surface area contributed by atoms with E-state index in [1.165, 1.54) is 37.7 Å². The van der Waals surface area contributed by atoms with Crippen LogP contribution in [-0.2, 0) is 6.54 Å². The molecule has 0 aromatic heterocycles. The molecule has 1 atom stereocenters. The van der Waals surface area contributed by atoms with E-state index in [2.05, 4.69) is 48.6 Å². The molecule has 0 fully saturated rings. The molecule has 1 aromatic rings. The summed E-state index contributed by atoms with van der Waals surface area (Å²) < 4.78 is 0. The van der Waals surface area contributed by atoms with Crippen LogP contribution in [0.15, 0.2) is 42.0 Å². The molecule has 1 aliphatic carbocycles. The first-order chi connectivity index (χ1) is 8.34. The minimum absolute atomic E-state index is 0.583. The molecule has 17 heavy (non-hydrogen) atoms. The van der Waals surface area contributed by atoms with Crippen molar-refractivity contribution in [3.63, 3.8) is 0 Å². The molecule has 0 saturated carbocycles. The number of benzene rings is 1. The highest BCUT2D eigenvalue weighted by molar-refractivity contribution is 5.14. The van der Waals surface area contributed by atoms with Gasteiger partial charge in [-0.15, -0.1) is 0 Å². The Kier molecular flexibility index (Phi) is 4.81. The van der Waals surface area contributed by atoms with Crippen molar-refractivity contribution in [3.05, 3.63) is 47.5 Å². The van der Waals surface area contributed by atoms with Crippen molar-refractivity contribution in [2.45, 2.75) is 51.6 Å². The molecule has 0 saturated heterocycles. The fourth-order valence-electron chi connectivity index (χ4n) is 2.44. The minimum Gasteiger partial charge on any atom is -0.310 e. The molecular formula is C16H23N. The van der Waals surface area contributed by atoms with Crippen molar-refractivity contribution >= 4 is 0 Å². The zero-order valence-electron chi connectivity index (χ0n) is 10.8. The van der Waals surface area contributed by atoms with Gasteiger partial charge in [0.05, 0.1) is 0 Å². The van der Waals surface area contributed by atoms with Crippen LogP contribution in [0.3, 0.4) is 0 Å². The highest BCUT2D eigenvalue weighted by Gasteiger charge is 2.08. The second-order valence-corrected chi connectivity index (χ2v) is 5.08. The fraction of sp³-hybridized carbons (Fsp3) is 0.500. The molecule has 1 aliphatic rings. The van der Waals surface area contributed by atoms with Gasteiger partial charge < -0.3 is 5.32 Å². The van der Waals surface area contributed by atoms with Crippen LogP contribution in [0.25, 0.3) is 0 Å². The predicted octanol–water partition coefficient (Wildman–Crippen LogP) is 4.06. The summed E-state index contributed by atoms with van der Waals surface area (Å²) in [7, 11) is 0. The van der Waals surface area contributed by atoms with Crippen molar-refractivity contribution in [3.8, 4) is 0 Å². The summed E-state index contributed by atoms with van der Waals surface area (Å²) in [4.78, 5) is 0. The molecule has 0 radical (unpaired) electrons. The maximum absolute atomic E-state index is 3.61. The average molecular weight is 229 g/mol. The number of rotatable bonds is 5. The molecule has 0 unspecified atom stereocenters. The van der Waals surface area contributed by atoms with E-state index in [1.807, 2.05) is 0 Å². The van der Waals surface area contributed by atoms with Gasteiger partial charge in [0.1, 0.15) is 0 Å².